The number of hydrogen-bond acceptors (Lipinski definition) is 5. The maximum absolute atomic E-state index is 12.7. The fourth-order valence-corrected chi connectivity index (χ4v) is 2.69. The SMILES string of the molecule is Cc1cc(C(=O)O[C@H](C(=O)N2CCCC[C@@H]2C)C(C)C)on1. The second kappa shape index (κ2) is 6.94. The van der Waals surface area contributed by atoms with E-state index < -0.39 is 12.1 Å². The zero-order valence-electron chi connectivity index (χ0n) is 13.7. The van der Waals surface area contributed by atoms with E-state index in [1.807, 2.05) is 25.7 Å². The van der Waals surface area contributed by atoms with Crippen molar-refractivity contribution in [2.75, 3.05) is 6.54 Å². The van der Waals surface area contributed by atoms with E-state index in [4.69, 9.17) is 9.26 Å². The monoisotopic (exact) mass is 308 g/mol. The zero-order chi connectivity index (χ0) is 16.3. The lowest BCUT2D eigenvalue weighted by molar-refractivity contribution is -0.146. The van der Waals surface area contributed by atoms with Crippen LogP contribution in [0.15, 0.2) is 10.6 Å². The average molecular weight is 308 g/mol. The standard InChI is InChI=1S/C16H24N2O4/c1-10(2)14(15(19)18-8-6-5-7-12(18)4)21-16(20)13-9-11(3)17-22-13/h9-10,12,14H,5-8H2,1-4H3/t12-,14-/m0/s1. The first-order chi connectivity index (χ1) is 10.4. The molecule has 0 saturated carbocycles. The smallest absolute Gasteiger partial charge is 0.377 e. The van der Waals surface area contributed by atoms with Crippen LogP contribution in [0.25, 0.3) is 0 Å². The normalized spacial score (nSPS) is 20.0. The van der Waals surface area contributed by atoms with Crippen molar-refractivity contribution >= 4 is 11.9 Å². The fraction of sp³-hybridized carbons (Fsp3) is 0.688. The van der Waals surface area contributed by atoms with Crippen molar-refractivity contribution in [1.29, 1.82) is 0 Å². The van der Waals surface area contributed by atoms with Gasteiger partial charge in [0.2, 0.25) is 5.76 Å². The third-order valence-corrected chi connectivity index (χ3v) is 4.00. The number of piperidine rings is 1. The van der Waals surface area contributed by atoms with Gasteiger partial charge in [0.05, 0.1) is 5.69 Å². The van der Waals surface area contributed by atoms with Crippen LogP contribution in [0.2, 0.25) is 0 Å². The fourth-order valence-electron chi connectivity index (χ4n) is 2.69. The predicted octanol–water partition coefficient (Wildman–Crippen LogP) is 2.57. The minimum Gasteiger partial charge on any atom is -0.446 e. The van der Waals surface area contributed by atoms with Gasteiger partial charge in [-0.3, -0.25) is 4.79 Å². The van der Waals surface area contributed by atoms with E-state index in [2.05, 4.69) is 5.16 Å². The number of amides is 1. The van der Waals surface area contributed by atoms with Gasteiger partial charge in [0.25, 0.3) is 5.91 Å². The zero-order valence-corrected chi connectivity index (χ0v) is 13.7. The van der Waals surface area contributed by atoms with Gasteiger partial charge in [-0.15, -0.1) is 0 Å². The van der Waals surface area contributed by atoms with Crippen molar-refractivity contribution in [2.24, 2.45) is 5.92 Å². The molecule has 1 aromatic rings. The summed E-state index contributed by atoms with van der Waals surface area (Å²) in [5.74, 6) is -0.832. The van der Waals surface area contributed by atoms with Gasteiger partial charge in [-0.25, -0.2) is 4.79 Å². The molecule has 1 fully saturated rings. The number of carbonyl (C=O) groups excluding carboxylic acids is 2. The Balaban J connectivity index is 2.09. The molecule has 22 heavy (non-hydrogen) atoms. The number of ether oxygens (including phenoxy) is 1. The molecule has 0 N–H and O–H groups in total. The van der Waals surface area contributed by atoms with E-state index in [1.165, 1.54) is 6.07 Å². The van der Waals surface area contributed by atoms with Crippen molar-refractivity contribution in [3.05, 3.63) is 17.5 Å². The third-order valence-electron chi connectivity index (χ3n) is 4.00. The second-order valence-electron chi connectivity index (χ2n) is 6.28. The maximum Gasteiger partial charge on any atom is 0.377 e. The van der Waals surface area contributed by atoms with Crippen LogP contribution in [0.4, 0.5) is 0 Å². The summed E-state index contributed by atoms with van der Waals surface area (Å²) >= 11 is 0. The average Bonchev–Trinajstić information content (AvgIpc) is 2.90. The molecular weight excluding hydrogens is 284 g/mol. The van der Waals surface area contributed by atoms with Gasteiger partial charge in [0.1, 0.15) is 0 Å². The first kappa shape index (κ1) is 16.5. The Morgan fingerprint density at radius 2 is 2.14 bits per heavy atom. The van der Waals surface area contributed by atoms with E-state index >= 15 is 0 Å². The quantitative estimate of drug-likeness (QED) is 0.799. The Labute approximate surface area is 130 Å². The molecule has 122 valence electrons. The summed E-state index contributed by atoms with van der Waals surface area (Å²) in [6.07, 6.45) is 2.33. The van der Waals surface area contributed by atoms with Crippen molar-refractivity contribution in [3.63, 3.8) is 0 Å². The summed E-state index contributed by atoms with van der Waals surface area (Å²) in [7, 11) is 0. The highest BCUT2D eigenvalue weighted by Crippen LogP contribution is 2.21. The Bertz CT molecular complexity index is 538. The van der Waals surface area contributed by atoms with Crippen molar-refractivity contribution in [1.82, 2.24) is 10.1 Å². The highest BCUT2D eigenvalue weighted by atomic mass is 16.6. The lowest BCUT2D eigenvalue weighted by Crippen LogP contribution is -2.49. The number of likely N-dealkylation sites (tertiary alicyclic amines) is 1. The maximum atomic E-state index is 12.7. The van der Waals surface area contributed by atoms with Gasteiger partial charge >= 0.3 is 5.97 Å². The predicted molar refractivity (Wildman–Crippen MR) is 80.3 cm³/mol. The largest absolute Gasteiger partial charge is 0.446 e. The van der Waals surface area contributed by atoms with Gasteiger partial charge in [0, 0.05) is 18.7 Å². The number of hydrogen-bond donors (Lipinski definition) is 0. The Morgan fingerprint density at radius 3 is 2.68 bits per heavy atom. The van der Waals surface area contributed by atoms with Gasteiger partial charge in [-0.05, 0) is 39.0 Å². The molecule has 1 saturated heterocycles. The molecule has 0 bridgehead atoms. The molecule has 2 atom stereocenters. The Hall–Kier alpha value is -1.85. The number of esters is 1. The number of carbonyl (C=O) groups is 2. The number of rotatable bonds is 4. The van der Waals surface area contributed by atoms with Crippen LogP contribution in [0.1, 0.15) is 56.3 Å². The van der Waals surface area contributed by atoms with E-state index in [0.29, 0.717) is 5.69 Å². The molecule has 1 aromatic heterocycles. The molecular formula is C16H24N2O4. The summed E-state index contributed by atoms with van der Waals surface area (Å²) in [5.41, 5.74) is 0.601. The van der Waals surface area contributed by atoms with Gasteiger partial charge in [0.15, 0.2) is 6.10 Å². The number of nitrogens with zero attached hydrogens (tertiary/aromatic N) is 2. The molecule has 0 radical (unpaired) electrons. The number of aromatic nitrogens is 1. The molecule has 0 aliphatic carbocycles. The van der Waals surface area contributed by atoms with Gasteiger partial charge in [-0.1, -0.05) is 19.0 Å². The van der Waals surface area contributed by atoms with E-state index in [1.54, 1.807) is 6.92 Å². The summed E-state index contributed by atoms with van der Waals surface area (Å²) in [4.78, 5) is 26.7. The van der Waals surface area contributed by atoms with Crippen LogP contribution in [0.3, 0.4) is 0 Å². The first-order valence-corrected chi connectivity index (χ1v) is 7.85. The highest BCUT2D eigenvalue weighted by molar-refractivity contribution is 5.90. The van der Waals surface area contributed by atoms with Gasteiger partial charge in [-0.2, -0.15) is 0 Å². The molecule has 1 aliphatic rings. The molecule has 6 heteroatoms. The molecule has 1 aliphatic heterocycles. The summed E-state index contributed by atoms with van der Waals surface area (Å²) in [5, 5.41) is 3.67. The lowest BCUT2D eigenvalue weighted by atomic mass is 10.00. The topological polar surface area (TPSA) is 72.6 Å². The summed E-state index contributed by atoms with van der Waals surface area (Å²) in [6.45, 7) is 8.23. The van der Waals surface area contributed by atoms with Crippen LogP contribution in [-0.4, -0.2) is 40.6 Å². The van der Waals surface area contributed by atoms with Crippen LogP contribution >= 0.6 is 0 Å². The summed E-state index contributed by atoms with van der Waals surface area (Å²) < 4.78 is 10.3. The Kier molecular flexibility index (Phi) is 5.21. The molecule has 0 aromatic carbocycles. The number of aryl methyl sites for hydroxylation is 1. The minimum atomic E-state index is -0.793. The minimum absolute atomic E-state index is 0.0302. The Morgan fingerprint density at radius 1 is 1.41 bits per heavy atom. The molecule has 0 unspecified atom stereocenters. The van der Waals surface area contributed by atoms with E-state index in [0.717, 1.165) is 25.8 Å². The molecule has 2 rings (SSSR count). The van der Waals surface area contributed by atoms with Gasteiger partial charge < -0.3 is 14.2 Å². The lowest BCUT2D eigenvalue weighted by Gasteiger charge is -2.36. The summed E-state index contributed by atoms with van der Waals surface area (Å²) in [6, 6.07) is 1.70. The first-order valence-electron chi connectivity index (χ1n) is 7.85. The van der Waals surface area contributed by atoms with Crippen molar-refractivity contribution < 1.29 is 18.8 Å². The van der Waals surface area contributed by atoms with Crippen LogP contribution in [-0.2, 0) is 9.53 Å². The van der Waals surface area contributed by atoms with E-state index in [-0.39, 0.29) is 23.6 Å². The van der Waals surface area contributed by atoms with E-state index in [9.17, 15) is 9.59 Å². The molecule has 2 heterocycles. The van der Waals surface area contributed by atoms with Crippen LogP contribution < -0.4 is 0 Å². The highest BCUT2D eigenvalue weighted by Gasteiger charge is 2.34. The molecule has 1 amide bonds. The third kappa shape index (κ3) is 3.67. The molecule has 0 spiro atoms. The van der Waals surface area contributed by atoms with Crippen LogP contribution in [0.5, 0.6) is 0 Å². The van der Waals surface area contributed by atoms with Crippen LogP contribution in [0, 0.1) is 12.8 Å². The van der Waals surface area contributed by atoms with Crippen molar-refractivity contribution in [2.45, 2.75) is 59.1 Å². The molecule has 6 nitrogen and oxygen atoms in total. The van der Waals surface area contributed by atoms with Crippen molar-refractivity contribution in [3.8, 4) is 0 Å². The second-order valence-corrected chi connectivity index (χ2v) is 6.28.